The van der Waals surface area contributed by atoms with E-state index in [-0.39, 0.29) is 11.6 Å². The number of ketones is 1. The van der Waals surface area contributed by atoms with Gasteiger partial charge in [-0.1, -0.05) is 17.9 Å². The second-order valence-corrected chi connectivity index (χ2v) is 2.88. The fourth-order valence-electron chi connectivity index (χ4n) is 0.898. The smallest absolute Gasteiger partial charge is 0.454 e. The molecule has 0 radical (unpaired) electrons. The molecule has 0 N–H and O–H groups in total. The van der Waals surface area contributed by atoms with Crippen LogP contribution >= 0.6 is 0 Å². The molecule has 0 fully saturated rings. The molecule has 0 atom stereocenters. The van der Waals surface area contributed by atoms with E-state index >= 15 is 0 Å². The number of halogens is 4. The quantitative estimate of drug-likeness (QED) is 0.442. The molecule has 0 aliphatic heterocycles. The molecule has 16 heavy (non-hydrogen) atoms. The van der Waals surface area contributed by atoms with Crippen LogP contribution in [0.1, 0.15) is 5.56 Å². The number of carbonyl (C=O) groups is 1. The van der Waals surface area contributed by atoms with Crippen LogP contribution in [0, 0.1) is 5.82 Å². The van der Waals surface area contributed by atoms with Gasteiger partial charge in [0, 0.05) is 0 Å². The highest BCUT2D eigenvalue weighted by Crippen LogP contribution is 2.18. The maximum absolute atomic E-state index is 12.4. The van der Waals surface area contributed by atoms with Crippen molar-refractivity contribution in [3.05, 3.63) is 41.7 Å². The van der Waals surface area contributed by atoms with E-state index in [9.17, 15) is 27.5 Å². The number of hydrogen-bond acceptors (Lipinski definition) is 2. The van der Waals surface area contributed by atoms with Crippen molar-refractivity contribution in [3.63, 3.8) is 0 Å². The van der Waals surface area contributed by atoms with Crippen molar-refractivity contribution in [2.75, 3.05) is 0 Å². The topological polar surface area (TPSA) is 40.1 Å². The zero-order valence-corrected chi connectivity index (χ0v) is 7.72. The van der Waals surface area contributed by atoms with E-state index in [4.69, 9.17) is 0 Å². The number of carbonyl (C=O) groups excluding carboxylic acids is 1. The maximum atomic E-state index is 12.4. The molecule has 0 aromatic heterocycles. The van der Waals surface area contributed by atoms with Gasteiger partial charge in [-0.05, 0) is 23.8 Å². The summed E-state index contributed by atoms with van der Waals surface area (Å²) in [6.07, 6.45) is -5.14. The first-order valence-corrected chi connectivity index (χ1v) is 4.06. The highest BCUT2D eigenvalue weighted by atomic mass is 19.4. The van der Waals surface area contributed by atoms with Crippen molar-refractivity contribution < 1.29 is 27.5 Å². The molecule has 86 valence electrons. The molecule has 1 aromatic rings. The predicted octanol–water partition coefficient (Wildman–Crippen LogP) is 1.66. The van der Waals surface area contributed by atoms with E-state index in [0.717, 1.165) is 24.3 Å². The first-order chi connectivity index (χ1) is 7.30. The molecule has 0 heterocycles. The Labute approximate surface area is 87.8 Å². The Bertz CT molecular complexity index is 417. The van der Waals surface area contributed by atoms with Crippen molar-refractivity contribution >= 4 is 11.5 Å². The van der Waals surface area contributed by atoms with E-state index < -0.39 is 23.5 Å². The van der Waals surface area contributed by atoms with Crippen LogP contribution in [0.5, 0.6) is 0 Å². The highest BCUT2D eigenvalue weighted by molar-refractivity contribution is 5.98. The van der Waals surface area contributed by atoms with Crippen LogP contribution in [0.2, 0.25) is 0 Å². The van der Waals surface area contributed by atoms with E-state index in [1.807, 2.05) is 0 Å². The summed E-state index contributed by atoms with van der Waals surface area (Å²) in [5.74, 6) is -3.97. The van der Waals surface area contributed by atoms with Crippen molar-refractivity contribution in [1.29, 1.82) is 0 Å². The third kappa shape index (κ3) is 3.08. The Morgan fingerprint density at radius 3 is 2.12 bits per heavy atom. The Kier molecular flexibility index (Phi) is 3.31. The van der Waals surface area contributed by atoms with E-state index in [1.54, 1.807) is 0 Å². The summed E-state index contributed by atoms with van der Waals surface area (Å²) >= 11 is 0. The SMILES string of the molecule is O=C(C=C([O-])c1ccc(F)cc1)C(F)(F)F. The van der Waals surface area contributed by atoms with Gasteiger partial charge in [0.15, 0.2) is 0 Å². The Morgan fingerprint density at radius 1 is 1.19 bits per heavy atom. The van der Waals surface area contributed by atoms with Crippen molar-refractivity contribution in [1.82, 2.24) is 0 Å². The lowest BCUT2D eigenvalue weighted by Crippen LogP contribution is -2.21. The third-order valence-electron chi connectivity index (χ3n) is 1.67. The molecule has 0 aliphatic carbocycles. The molecular weight excluding hydrogens is 228 g/mol. The third-order valence-corrected chi connectivity index (χ3v) is 1.67. The standard InChI is InChI=1S/C10H6F4O2/c11-7-3-1-6(2-4-7)8(15)5-9(16)10(12,13)14/h1-5,15H/p-1. The van der Waals surface area contributed by atoms with Gasteiger partial charge in [0.1, 0.15) is 5.82 Å². The fraction of sp³-hybridized carbons (Fsp3) is 0.100. The van der Waals surface area contributed by atoms with Gasteiger partial charge < -0.3 is 5.11 Å². The second kappa shape index (κ2) is 4.34. The summed E-state index contributed by atoms with van der Waals surface area (Å²) in [6, 6.07) is 3.83. The molecule has 0 unspecified atom stereocenters. The first-order valence-electron chi connectivity index (χ1n) is 4.06. The van der Waals surface area contributed by atoms with Crippen molar-refractivity contribution in [3.8, 4) is 0 Å². The van der Waals surface area contributed by atoms with Crippen LogP contribution in [-0.2, 0) is 4.79 Å². The van der Waals surface area contributed by atoms with Gasteiger partial charge >= 0.3 is 6.18 Å². The van der Waals surface area contributed by atoms with E-state index in [1.165, 1.54) is 0 Å². The fourth-order valence-corrected chi connectivity index (χ4v) is 0.898. The minimum atomic E-state index is -5.07. The van der Waals surface area contributed by atoms with Gasteiger partial charge in [-0.2, -0.15) is 13.2 Å². The Balaban J connectivity index is 2.94. The molecule has 0 aliphatic rings. The molecular formula is C10H5F4O2-. The summed E-state index contributed by atoms with van der Waals surface area (Å²) in [5.41, 5.74) is -0.181. The number of allylic oxidation sites excluding steroid dienone is 1. The number of benzene rings is 1. The molecule has 0 spiro atoms. The second-order valence-electron chi connectivity index (χ2n) is 2.88. The van der Waals surface area contributed by atoms with Crippen LogP contribution in [-0.4, -0.2) is 12.0 Å². The monoisotopic (exact) mass is 233 g/mol. The van der Waals surface area contributed by atoms with Gasteiger partial charge in [-0.3, -0.25) is 4.79 Å². The maximum Gasteiger partial charge on any atom is 0.454 e. The van der Waals surface area contributed by atoms with Crippen LogP contribution < -0.4 is 5.11 Å². The van der Waals surface area contributed by atoms with Crippen molar-refractivity contribution in [2.45, 2.75) is 6.18 Å². The van der Waals surface area contributed by atoms with Crippen molar-refractivity contribution in [2.24, 2.45) is 0 Å². The first kappa shape index (κ1) is 12.2. The highest BCUT2D eigenvalue weighted by Gasteiger charge is 2.36. The summed E-state index contributed by atoms with van der Waals surface area (Å²) in [4.78, 5) is 10.4. The summed E-state index contributed by atoms with van der Waals surface area (Å²) in [7, 11) is 0. The zero-order valence-electron chi connectivity index (χ0n) is 7.72. The minimum Gasteiger partial charge on any atom is -0.872 e. The molecule has 0 bridgehead atoms. The molecule has 1 aromatic carbocycles. The van der Waals surface area contributed by atoms with Crippen LogP contribution in [0.15, 0.2) is 30.3 Å². The van der Waals surface area contributed by atoms with Gasteiger partial charge in [0.25, 0.3) is 5.78 Å². The Morgan fingerprint density at radius 2 is 1.69 bits per heavy atom. The van der Waals surface area contributed by atoms with Gasteiger partial charge in [0.2, 0.25) is 0 Å². The zero-order chi connectivity index (χ0) is 12.3. The average Bonchev–Trinajstić information content (AvgIpc) is 2.17. The molecule has 0 amide bonds. The molecule has 2 nitrogen and oxygen atoms in total. The largest absolute Gasteiger partial charge is 0.872 e. The van der Waals surface area contributed by atoms with E-state index in [2.05, 4.69) is 0 Å². The number of rotatable bonds is 2. The molecule has 0 saturated heterocycles. The van der Waals surface area contributed by atoms with Crippen LogP contribution in [0.25, 0.3) is 5.76 Å². The van der Waals surface area contributed by atoms with Gasteiger partial charge in [0.05, 0.1) is 0 Å². The Hall–Kier alpha value is -1.85. The lowest BCUT2D eigenvalue weighted by molar-refractivity contribution is -0.244. The average molecular weight is 233 g/mol. The summed E-state index contributed by atoms with van der Waals surface area (Å²) in [5, 5.41) is 11.1. The lowest BCUT2D eigenvalue weighted by Gasteiger charge is -2.12. The normalized spacial score (nSPS) is 12.6. The predicted molar refractivity (Wildman–Crippen MR) is 45.4 cm³/mol. The van der Waals surface area contributed by atoms with Crippen LogP contribution in [0.3, 0.4) is 0 Å². The summed E-state index contributed by atoms with van der Waals surface area (Å²) < 4.78 is 47.8. The lowest BCUT2D eigenvalue weighted by atomic mass is 10.1. The molecule has 1 rings (SSSR count). The van der Waals surface area contributed by atoms with Crippen LogP contribution in [0.4, 0.5) is 17.6 Å². The van der Waals surface area contributed by atoms with Gasteiger partial charge in [-0.15, -0.1) is 0 Å². The summed E-state index contributed by atoms with van der Waals surface area (Å²) in [6.45, 7) is 0. The number of hydrogen-bond donors (Lipinski definition) is 0. The van der Waals surface area contributed by atoms with Gasteiger partial charge in [-0.25, -0.2) is 4.39 Å². The number of alkyl halides is 3. The minimum absolute atomic E-state index is 0.0623. The molecule has 6 heteroatoms. The van der Waals surface area contributed by atoms with E-state index in [0.29, 0.717) is 0 Å². The molecule has 0 saturated carbocycles.